The summed E-state index contributed by atoms with van der Waals surface area (Å²) in [5, 5.41) is 12.6. The van der Waals surface area contributed by atoms with Gasteiger partial charge in [-0.15, -0.1) is 11.3 Å². The van der Waals surface area contributed by atoms with Gasteiger partial charge in [-0.3, -0.25) is 19.6 Å². The number of amides is 1. The van der Waals surface area contributed by atoms with Crippen molar-refractivity contribution in [3.63, 3.8) is 0 Å². The number of fused-ring (bicyclic) bond motifs is 1. The number of hydrogen-bond acceptors (Lipinski definition) is 6. The highest BCUT2D eigenvalue weighted by molar-refractivity contribution is 7.92. The Morgan fingerprint density at radius 1 is 1.14 bits per heavy atom. The van der Waals surface area contributed by atoms with Crippen LogP contribution in [0.1, 0.15) is 15.2 Å². The van der Waals surface area contributed by atoms with Crippen LogP contribution in [0.3, 0.4) is 0 Å². The predicted molar refractivity (Wildman–Crippen MR) is 110 cm³/mol. The molecule has 1 N–H and O–H groups in total. The third-order valence-electron chi connectivity index (χ3n) is 4.56. The summed E-state index contributed by atoms with van der Waals surface area (Å²) < 4.78 is 27.6. The van der Waals surface area contributed by atoms with Crippen molar-refractivity contribution in [2.45, 2.75) is 11.3 Å². The van der Waals surface area contributed by atoms with Gasteiger partial charge < -0.3 is 4.90 Å². The van der Waals surface area contributed by atoms with Crippen LogP contribution in [0.25, 0.3) is 0 Å². The number of nitrogens with zero attached hydrogens (tertiary/aromatic N) is 2. The Morgan fingerprint density at radius 2 is 1.90 bits per heavy atom. The largest absolute Gasteiger partial charge is 0.307 e. The molecule has 1 amide bonds. The molecule has 0 fully saturated rings. The minimum atomic E-state index is -3.89. The van der Waals surface area contributed by atoms with E-state index >= 15 is 0 Å². The van der Waals surface area contributed by atoms with Gasteiger partial charge in [0.2, 0.25) is 0 Å². The van der Waals surface area contributed by atoms with Gasteiger partial charge in [0.25, 0.3) is 21.6 Å². The first kappa shape index (κ1) is 19.1. The minimum absolute atomic E-state index is 0.0712. The van der Waals surface area contributed by atoms with E-state index in [1.54, 1.807) is 29.2 Å². The molecule has 2 aromatic carbocycles. The minimum Gasteiger partial charge on any atom is -0.307 e. The summed E-state index contributed by atoms with van der Waals surface area (Å²) in [6, 6.07) is 13.3. The van der Waals surface area contributed by atoms with Gasteiger partial charge in [-0.25, -0.2) is 8.42 Å². The molecular formula is C19H15N3O5S2. The first-order valence-electron chi connectivity index (χ1n) is 8.61. The van der Waals surface area contributed by atoms with Crippen molar-refractivity contribution in [1.29, 1.82) is 0 Å². The van der Waals surface area contributed by atoms with Crippen LogP contribution in [0.2, 0.25) is 0 Å². The van der Waals surface area contributed by atoms with E-state index in [1.165, 1.54) is 23.5 Å². The highest BCUT2D eigenvalue weighted by atomic mass is 32.2. The second kappa shape index (κ2) is 7.30. The number of thiophene rings is 1. The maximum absolute atomic E-state index is 12.6. The van der Waals surface area contributed by atoms with Gasteiger partial charge in [0.1, 0.15) is 0 Å². The normalized spacial score (nSPS) is 13.2. The molecule has 29 heavy (non-hydrogen) atoms. The Bertz CT molecular complexity index is 1190. The number of anilines is 2. The van der Waals surface area contributed by atoms with Crippen molar-refractivity contribution in [3.8, 4) is 0 Å². The maximum atomic E-state index is 12.6. The van der Waals surface area contributed by atoms with Gasteiger partial charge in [-0.1, -0.05) is 6.07 Å². The zero-order valence-corrected chi connectivity index (χ0v) is 16.6. The number of nitrogens with one attached hydrogen (secondary N) is 1. The van der Waals surface area contributed by atoms with Gasteiger partial charge in [0.05, 0.1) is 14.7 Å². The topological polar surface area (TPSA) is 110 Å². The number of carbonyl (C=O) groups excluding carboxylic acids is 1. The number of nitro benzene ring substituents is 1. The predicted octanol–water partition coefficient (Wildman–Crippen LogP) is 3.66. The van der Waals surface area contributed by atoms with Crippen LogP contribution in [0.5, 0.6) is 0 Å². The molecule has 0 bridgehead atoms. The van der Waals surface area contributed by atoms with Crippen LogP contribution < -0.4 is 9.62 Å². The summed E-state index contributed by atoms with van der Waals surface area (Å²) in [7, 11) is -3.89. The Labute approximate surface area is 170 Å². The van der Waals surface area contributed by atoms with Crippen molar-refractivity contribution < 1.29 is 18.1 Å². The van der Waals surface area contributed by atoms with E-state index in [0.717, 1.165) is 23.4 Å². The van der Waals surface area contributed by atoms with E-state index in [4.69, 9.17) is 0 Å². The van der Waals surface area contributed by atoms with E-state index in [-0.39, 0.29) is 16.5 Å². The van der Waals surface area contributed by atoms with Crippen molar-refractivity contribution in [1.82, 2.24) is 0 Å². The fraction of sp³-hybridized carbons (Fsp3) is 0.105. The fourth-order valence-corrected chi connectivity index (χ4v) is 4.89. The Kier molecular flexibility index (Phi) is 4.81. The number of non-ortho nitro benzene ring substituents is 1. The van der Waals surface area contributed by atoms with Crippen molar-refractivity contribution in [2.75, 3.05) is 16.2 Å². The molecule has 2 heterocycles. The van der Waals surface area contributed by atoms with Crippen LogP contribution in [0.4, 0.5) is 17.1 Å². The lowest BCUT2D eigenvalue weighted by molar-refractivity contribution is -0.384. The molecule has 0 saturated heterocycles. The number of hydrogen-bond donors (Lipinski definition) is 1. The molecule has 0 unspecified atom stereocenters. The average Bonchev–Trinajstić information content (AvgIpc) is 3.37. The molecule has 10 heteroatoms. The quantitative estimate of drug-likeness (QED) is 0.492. The number of sulfonamides is 1. The molecule has 0 aliphatic carbocycles. The van der Waals surface area contributed by atoms with Crippen molar-refractivity contribution >= 4 is 44.3 Å². The van der Waals surface area contributed by atoms with E-state index in [0.29, 0.717) is 23.5 Å². The lowest BCUT2D eigenvalue weighted by Crippen LogP contribution is -2.28. The Hall–Kier alpha value is -3.24. The van der Waals surface area contributed by atoms with Gasteiger partial charge >= 0.3 is 0 Å². The number of carbonyl (C=O) groups is 1. The van der Waals surface area contributed by atoms with Gasteiger partial charge in [0, 0.05) is 30.1 Å². The molecule has 3 aromatic rings. The Morgan fingerprint density at radius 3 is 2.55 bits per heavy atom. The summed E-state index contributed by atoms with van der Waals surface area (Å²) in [5.41, 5.74) is 1.82. The van der Waals surface area contributed by atoms with Gasteiger partial charge in [-0.2, -0.15) is 0 Å². The zero-order valence-electron chi connectivity index (χ0n) is 14.9. The van der Waals surface area contributed by atoms with E-state index < -0.39 is 14.9 Å². The van der Waals surface area contributed by atoms with Crippen LogP contribution in [-0.2, 0) is 16.4 Å². The average molecular weight is 429 g/mol. The van der Waals surface area contributed by atoms with Crippen LogP contribution in [0.15, 0.2) is 64.9 Å². The third kappa shape index (κ3) is 3.71. The maximum Gasteiger partial charge on any atom is 0.269 e. The molecule has 1 aliphatic rings. The summed E-state index contributed by atoms with van der Waals surface area (Å²) in [5.74, 6) is -0.0713. The zero-order chi connectivity index (χ0) is 20.6. The summed E-state index contributed by atoms with van der Waals surface area (Å²) in [6.07, 6.45) is 0.625. The lowest BCUT2D eigenvalue weighted by Gasteiger charge is -2.17. The van der Waals surface area contributed by atoms with Crippen molar-refractivity contribution in [3.05, 3.63) is 80.5 Å². The third-order valence-corrected chi connectivity index (χ3v) is 6.82. The Balaban J connectivity index is 1.55. The summed E-state index contributed by atoms with van der Waals surface area (Å²) >= 11 is 1.38. The lowest BCUT2D eigenvalue weighted by atomic mass is 10.1. The monoisotopic (exact) mass is 429 g/mol. The number of benzene rings is 2. The molecule has 1 aliphatic heterocycles. The molecule has 0 atom stereocenters. The van der Waals surface area contributed by atoms with E-state index in [1.807, 2.05) is 11.4 Å². The molecule has 0 radical (unpaired) electrons. The molecule has 8 nitrogen and oxygen atoms in total. The fourth-order valence-electron chi connectivity index (χ4n) is 3.17. The van der Waals surface area contributed by atoms with Gasteiger partial charge in [-0.05, 0) is 53.8 Å². The van der Waals surface area contributed by atoms with Crippen molar-refractivity contribution in [2.24, 2.45) is 0 Å². The second-order valence-electron chi connectivity index (χ2n) is 6.38. The summed E-state index contributed by atoms with van der Waals surface area (Å²) in [6.45, 7) is 0.532. The molecule has 1 aromatic heterocycles. The SMILES string of the molecule is O=C(c1cccs1)N1CCc2cc(NS(=O)(=O)c3ccc([N+](=O)[O-])cc3)ccc21. The van der Waals surface area contributed by atoms with E-state index in [9.17, 15) is 23.3 Å². The summed E-state index contributed by atoms with van der Waals surface area (Å²) in [4.78, 5) is 25.0. The van der Waals surface area contributed by atoms with Crippen LogP contribution in [0, 0.1) is 10.1 Å². The van der Waals surface area contributed by atoms with Crippen LogP contribution in [-0.4, -0.2) is 25.8 Å². The standard InChI is InChI=1S/C19H15N3O5S2/c23-19(18-2-1-11-28-18)21-10-9-13-12-14(3-8-17(13)21)20-29(26,27)16-6-4-15(5-7-16)22(24)25/h1-8,11-12,20H,9-10H2. The molecule has 4 rings (SSSR count). The first-order valence-corrected chi connectivity index (χ1v) is 11.0. The number of rotatable bonds is 5. The highest BCUT2D eigenvalue weighted by Crippen LogP contribution is 2.33. The molecule has 0 saturated carbocycles. The first-order chi connectivity index (χ1) is 13.8. The molecule has 0 spiro atoms. The number of nitro groups is 1. The molecular weight excluding hydrogens is 414 g/mol. The smallest absolute Gasteiger partial charge is 0.269 e. The second-order valence-corrected chi connectivity index (χ2v) is 9.01. The molecule has 148 valence electrons. The van der Waals surface area contributed by atoms with Crippen LogP contribution >= 0.6 is 11.3 Å². The van der Waals surface area contributed by atoms with E-state index in [2.05, 4.69) is 4.72 Å². The van der Waals surface area contributed by atoms with Gasteiger partial charge in [0.15, 0.2) is 0 Å². The highest BCUT2D eigenvalue weighted by Gasteiger charge is 2.27.